The third-order valence-electron chi connectivity index (χ3n) is 2.79. The van der Waals surface area contributed by atoms with Gasteiger partial charge in [0.2, 0.25) is 0 Å². The summed E-state index contributed by atoms with van der Waals surface area (Å²) in [6, 6.07) is 6.54. The summed E-state index contributed by atoms with van der Waals surface area (Å²) >= 11 is 0. The van der Waals surface area contributed by atoms with Crippen molar-refractivity contribution in [3.63, 3.8) is 0 Å². The molecule has 0 aromatic heterocycles. The SMILES string of the molecule is CC(C)CC(N)(CN(C)C)c1ccc(F)cc1. The number of hydrogen-bond donors (Lipinski definition) is 1. The number of likely N-dealkylation sites (N-methyl/N-ethyl adjacent to an activating group) is 1. The molecule has 96 valence electrons. The number of benzene rings is 1. The zero-order valence-corrected chi connectivity index (χ0v) is 11.2. The van der Waals surface area contributed by atoms with Crippen molar-refractivity contribution < 1.29 is 4.39 Å². The molecule has 0 saturated carbocycles. The van der Waals surface area contributed by atoms with Gasteiger partial charge in [0, 0.05) is 6.54 Å². The summed E-state index contributed by atoms with van der Waals surface area (Å²) in [6.45, 7) is 5.07. The van der Waals surface area contributed by atoms with Crippen LogP contribution in [-0.2, 0) is 5.54 Å². The summed E-state index contributed by atoms with van der Waals surface area (Å²) < 4.78 is 12.9. The van der Waals surface area contributed by atoms with Crippen LogP contribution in [0.5, 0.6) is 0 Å². The molecule has 1 rings (SSSR count). The Morgan fingerprint density at radius 2 is 1.76 bits per heavy atom. The Balaban J connectivity index is 3.00. The van der Waals surface area contributed by atoms with Crippen LogP contribution in [0.3, 0.4) is 0 Å². The fraction of sp³-hybridized carbons (Fsp3) is 0.571. The Bertz CT molecular complexity index is 334. The zero-order chi connectivity index (χ0) is 13.1. The first kappa shape index (κ1) is 14.1. The van der Waals surface area contributed by atoms with Gasteiger partial charge in [0.25, 0.3) is 0 Å². The standard InChI is InChI=1S/C14H23FN2/c1-11(2)9-14(16,10-17(3)4)12-5-7-13(15)8-6-12/h5-8,11H,9-10,16H2,1-4H3. The van der Waals surface area contributed by atoms with Crippen molar-refractivity contribution in [2.24, 2.45) is 11.7 Å². The molecule has 0 radical (unpaired) electrons. The molecule has 1 aromatic rings. The highest BCUT2D eigenvalue weighted by Crippen LogP contribution is 2.27. The van der Waals surface area contributed by atoms with Crippen molar-refractivity contribution >= 4 is 0 Å². The monoisotopic (exact) mass is 238 g/mol. The molecule has 1 atom stereocenters. The maximum Gasteiger partial charge on any atom is 0.123 e. The van der Waals surface area contributed by atoms with Crippen LogP contribution in [0.2, 0.25) is 0 Å². The highest BCUT2D eigenvalue weighted by atomic mass is 19.1. The first-order valence-corrected chi connectivity index (χ1v) is 6.03. The van der Waals surface area contributed by atoms with E-state index in [2.05, 4.69) is 18.7 Å². The number of hydrogen-bond acceptors (Lipinski definition) is 2. The quantitative estimate of drug-likeness (QED) is 0.854. The van der Waals surface area contributed by atoms with Gasteiger partial charge in [-0.1, -0.05) is 26.0 Å². The van der Waals surface area contributed by atoms with Crippen LogP contribution in [0.1, 0.15) is 25.8 Å². The highest BCUT2D eigenvalue weighted by molar-refractivity contribution is 5.25. The van der Waals surface area contributed by atoms with Crippen LogP contribution in [0.25, 0.3) is 0 Å². The smallest absolute Gasteiger partial charge is 0.123 e. The highest BCUT2D eigenvalue weighted by Gasteiger charge is 2.29. The van der Waals surface area contributed by atoms with Crippen molar-refractivity contribution in [2.75, 3.05) is 20.6 Å². The Morgan fingerprint density at radius 1 is 1.24 bits per heavy atom. The van der Waals surface area contributed by atoms with Gasteiger partial charge < -0.3 is 10.6 Å². The van der Waals surface area contributed by atoms with Crippen molar-refractivity contribution in [3.8, 4) is 0 Å². The summed E-state index contributed by atoms with van der Waals surface area (Å²) in [5.41, 5.74) is 7.10. The molecule has 3 heteroatoms. The minimum Gasteiger partial charge on any atom is -0.320 e. The van der Waals surface area contributed by atoms with Gasteiger partial charge in [0.1, 0.15) is 5.82 Å². The fourth-order valence-electron chi connectivity index (χ4n) is 2.35. The molecule has 0 aliphatic heterocycles. The summed E-state index contributed by atoms with van der Waals surface area (Å²) in [4.78, 5) is 2.08. The average molecular weight is 238 g/mol. The van der Waals surface area contributed by atoms with Gasteiger partial charge in [-0.3, -0.25) is 0 Å². The van der Waals surface area contributed by atoms with Gasteiger partial charge in [-0.2, -0.15) is 0 Å². The molecule has 1 unspecified atom stereocenters. The van der Waals surface area contributed by atoms with Gasteiger partial charge in [0.15, 0.2) is 0 Å². The molecule has 0 aliphatic rings. The number of nitrogens with zero attached hydrogens (tertiary/aromatic N) is 1. The van der Waals surface area contributed by atoms with Gasteiger partial charge in [-0.25, -0.2) is 4.39 Å². The molecule has 0 bridgehead atoms. The van der Waals surface area contributed by atoms with E-state index < -0.39 is 5.54 Å². The molecule has 0 saturated heterocycles. The second-order valence-corrected chi connectivity index (χ2v) is 5.50. The number of nitrogens with two attached hydrogens (primary N) is 1. The van der Waals surface area contributed by atoms with E-state index >= 15 is 0 Å². The summed E-state index contributed by atoms with van der Waals surface area (Å²) in [5, 5.41) is 0. The predicted molar refractivity (Wildman–Crippen MR) is 70.3 cm³/mol. The van der Waals surface area contributed by atoms with Crippen LogP contribution in [0, 0.1) is 11.7 Å². The zero-order valence-electron chi connectivity index (χ0n) is 11.2. The molecule has 0 fully saturated rings. The van der Waals surface area contributed by atoms with Gasteiger partial charge in [-0.05, 0) is 44.1 Å². The van der Waals surface area contributed by atoms with Crippen LogP contribution in [-0.4, -0.2) is 25.5 Å². The van der Waals surface area contributed by atoms with Crippen molar-refractivity contribution in [1.82, 2.24) is 4.90 Å². The van der Waals surface area contributed by atoms with Crippen LogP contribution in [0.4, 0.5) is 4.39 Å². The van der Waals surface area contributed by atoms with E-state index in [1.807, 2.05) is 14.1 Å². The molecule has 2 nitrogen and oxygen atoms in total. The first-order valence-electron chi connectivity index (χ1n) is 6.03. The van der Waals surface area contributed by atoms with E-state index in [-0.39, 0.29) is 5.82 Å². The maximum absolute atomic E-state index is 12.9. The molecular weight excluding hydrogens is 215 g/mol. The van der Waals surface area contributed by atoms with Crippen molar-refractivity contribution in [1.29, 1.82) is 0 Å². The normalized spacial score (nSPS) is 15.3. The number of halogens is 1. The second kappa shape index (κ2) is 5.61. The lowest BCUT2D eigenvalue weighted by Gasteiger charge is -2.34. The molecule has 0 aliphatic carbocycles. The lowest BCUT2D eigenvalue weighted by Crippen LogP contribution is -2.46. The first-order chi connectivity index (χ1) is 7.83. The van der Waals surface area contributed by atoms with E-state index in [0.717, 1.165) is 18.5 Å². The average Bonchev–Trinajstić information content (AvgIpc) is 2.15. The van der Waals surface area contributed by atoms with Gasteiger partial charge in [0.05, 0.1) is 5.54 Å². The minimum atomic E-state index is -0.411. The van der Waals surface area contributed by atoms with Crippen molar-refractivity contribution in [3.05, 3.63) is 35.6 Å². The fourth-order valence-corrected chi connectivity index (χ4v) is 2.35. The van der Waals surface area contributed by atoms with Crippen molar-refractivity contribution in [2.45, 2.75) is 25.8 Å². The van der Waals surface area contributed by atoms with Crippen LogP contribution < -0.4 is 5.73 Å². The summed E-state index contributed by atoms with van der Waals surface area (Å²) in [6.07, 6.45) is 0.886. The second-order valence-electron chi connectivity index (χ2n) is 5.50. The topological polar surface area (TPSA) is 29.3 Å². The summed E-state index contributed by atoms with van der Waals surface area (Å²) in [7, 11) is 4.01. The van der Waals surface area contributed by atoms with Crippen LogP contribution in [0.15, 0.2) is 24.3 Å². The lowest BCUT2D eigenvalue weighted by atomic mass is 9.83. The summed E-state index contributed by atoms with van der Waals surface area (Å²) in [5.74, 6) is 0.288. The minimum absolute atomic E-state index is 0.217. The van der Waals surface area contributed by atoms with E-state index in [9.17, 15) is 4.39 Å². The lowest BCUT2D eigenvalue weighted by molar-refractivity contribution is 0.248. The van der Waals surface area contributed by atoms with E-state index in [0.29, 0.717) is 5.92 Å². The molecule has 17 heavy (non-hydrogen) atoms. The molecular formula is C14H23FN2. The largest absolute Gasteiger partial charge is 0.320 e. The molecule has 1 aromatic carbocycles. The predicted octanol–water partition coefficient (Wildman–Crippen LogP) is 2.59. The van der Waals surface area contributed by atoms with E-state index in [4.69, 9.17) is 5.73 Å². The third-order valence-corrected chi connectivity index (χ3v) is 2.79. The maximum atomic E-state index is 12.9. The van der Waals surface area contributed by atoms with Gasteiger partial charge in [-0.15, -0.1) is 0 Å². The molecule has 0 amide bonds. The van der Waals surface area contributed by atoms with Crippen LogP contribution >= 0.6 is 0 Å². The van der Waals surface area contributed by atoms with E-state index in [1.165, 1.54) is 12.1 Å². The Morgan fingerprint density at radius 3 is 2.18 bits per heavy atom. The van der Waals surface area contributed by atoms with Gasteiger partial charge >= 0.3 is 0 Å². The Kier molecular flexibility index (Phi) is 4.66. The number of rotatable bonds is 5. The molecule has 2 N–H and O–H groups in total. The Labute approximate surface area is 104 Å². The Hall–Kier alpha value is -0.930. The third kappa shape index (κ3) is 4.10. The molecule has 0 spiro atoms. The van der Waals surface area contributed by atoms with E-state index in [1.54, 1.807) is 12.1 Å². The molecule has 0 heterocycles.